The van der Waals surface area contributed by atoms with Crippen LogP contribution in [0.5, 0.6) is 11.5 Å². The second kappa shape index (κ2) is 8.18. The van der Waals surface area contributed by atoms with E-state index in [1.54, 1.807) is 39.6 Å². The number of amides is 2. The average Bonchev–Trinajstić information content (AvgIpc) is 2.85. The third-order valence-electron chi connectivity index (χ3n) is 4.67. The second-order valence-corrected chi connectivity index (χ2v) is 7.34. The first-order valence-electron chi connectivity index (χ1n) is 8.66. The normalized spacial score (nSPS) is 15.6. The van der Waals surface area contributed by atoms with Crippen molar-refractivity contribution in [1.82, 2.24) is 5.01 Å². The van der Waals surface area contributed by atoms with Crippen LogP contribution in [0.25, 0.3) is 0 Å². The SMILES string of the molecule is COc1cc2c(cc1OC)CC(C)N(C(=O)N(C)c1ccc(F)c(Br)c1)N=C2. The summed E-state index contributed by atoms with van der Waals surface area (Å²) in [6, 6.07) is 7.68. The number of ether oxygens (including phenoxy) is 2. The highest BCUT2D eigenvalue weighted by Gasteiger charge is 2.27. The molecule has 0 aliphatic carbocycles. The van der Waals surface area contributed by atoms with Gasteiger partial charge in [-0.05, 0) is 65.2 Å². The molecule has 2 amide bonds. The molecule has 0 saturated carbocycles. The molecule has 1 aliphatic rings. The molecule has 6 nitrogen and oxygen atoms in total. The number of urea groups is 1. The van der Waals surface area contributed by atoms with Crippen LogP contribution in [-0.4, -0.2) is 44.6 Å². The number of hydrazone groups is 1. The number of methoxy groups -OCH3 is 2. The van der Waals surface area contributed by atoms with E-state index in [1.807, 2.05) is 19.1 Å². The summed E-state index contributed by atoms with van der Waals surface area (Å²) < 4.78 is 24.5. The van der Waals surface area contributed by atoms with Crippen LogP contribution >= 0.6 is 15.9 Å². The molecular weight excluding hydrogens is 429 g/mol. The molecule has 0 spiro atoms. The molecule has 1 unspecified atom stereocenters. The van der Waals surface area contributed by atoms with Crippen LogP contribution in [0.15, 0.2) is 39.9 Å². The molecule has 0 saturated heterocycles. The van der Waals surface area contributed by atoms with Crippen molar-refractivity contribution >= 4 is 33.9 Å². The van der Waals surface area contributed by atoms with Crippen molar-refractivity contribution in [3.63, 3.8) is 0 Å². The first-order valence-corrected chi connectivity index (χ1v) is 9.45. The highest BCUT2D eigenvalue weighted by Crippen LogP contribution is 2.32. The second-order valence-electron chi connectivity index (χ2n) is 6.49. The summed E-state index contributed by atoms with van der Waals surface area (Å²) >= 11 is 3.15. The largest absolute Gasteiger partial charge is 0.493 e. The van der Waals surface area contributed by atoms with Gasteiger partial charge in [0.05, 0.1) is 30.9 Å². The summed E-state index contributed by atoms with van der Waals surface area (Å²) in [5, 5.41) is 5.82. The summed E-state index contributed by atoms with van der Waals surface area (Å²) in [7, 11) is 4.80. The van der Waals surface area contributed by atoms with Gasteiger partial charge in [-0.1, -0.05) is 0 Å². The van der Waals surface area contributed by atoms with Crippen molar-refractivity contribution in [2.24, 2.45) is 5.10 Å². The van der Waals surface area contributed by atoms with Gasteiger partial charge in [0.1, 0.15) is 5.82 Å². The Labute approximate surface area is 171 Å². The molecule has 148 valence electrons. The minimum absolute atomic E-state index is 0.186. The first kappa shape index (κ1) is 20.1. The number of carbonyl (C=O) groups excluding carboxylic acids is 1. The Morgan fingerprint density at radius 1 is 1.25 bits per heavy atom. The Morgan fingerprint density at radius 2 is 1.93 bits per heavy atom. The van der Waals surface area contributed by atoms with Gasteiger partial charge < -0.3 is 9.47 Å². The number of nitrogens with zero attached hydrogens (tertiary/aromatic N) is 3. The zero-order chi connectivity index (χ0) is 20.4. The molecule has 3 rings (SSSR count). The number of carbonyl (C=O) groups is 1. The third kappa shape index (κ3) is 3.82. The molecule has 0 bridgehead atoms. The summed E-state index contributed by atoms with van der Waals surface area (Å²) in [4.78, 5) is 14.5. The molecular formula is C20H21BrFN3O3. The van der Waals surface area contributed by atoms with E-state index in [2.05, 4.69) is 21.0 Å². The van der Waals surface area contributed by atoms with Gasteiger partial charge in [-0.25, -0.2) is 14.2 Å². The summed E-state index contributed by atoms with van der Waals surface area (Å²) in [6.45, 7) is 1.93. The van der Waals surface area contributed by atoms with E-state index < -0.39 is 0 Å². The van der Waals surface area contributed by atoms with E-state index in [9.17, 15) is 9.18 Å². The van der Waals surface area contributed by atoms with E-state index in [1.165, 1.54) is 16.0 Å². The Balaban J connectivity index is 1.89. The summed E-state index contributed by atoms with van der Waals surface area (Å²) in [5.41, 5.74) is 2.44. The lowest BCUT2D eigenvalue weighted by Gasteiger charge is -2.28. The fourth-order valence-electron chi connectivity index (χ4n) is 3.07. The van der Waals surface area contributed by atoms with E-state index in [4.69, 9.17) is 9.47 Å². The molecule has 0 fully saturated rings. The zero-order valence-corrected chi connectivity index (χ0v) is 17.7. The fourth-order valence-corrected chi connectivity index (χ4v) is 3.44. The minimum atomic E-state index is -0.385. The average molecular weight is 450 g/mol. The predicted octanol–water partition coefficient (Wildman–Crippen LogP) is 4.44. The number of anilines is 1. The van der Waals surface area contributed by atoms with Crippen molar-refractivity contribution in [3.8, 4) is 11.5 Å². The highest BCUT2D eigenvalue weighted by molar-refractivity contribution is 9.10. The van der Waals surface area contributed by atoms with E-state index in [-0.39, 0.29) is 17.9 Å². The maximum Gasteiger partial charge on any atom is 0.344 e. The number of rotatable bonds is 3. The minimum Gasteiger partial charge on any atom is -0.493 e. The van der Waals surface area contributed by atoms with Crippen LogP contribution in [0.2, 0.25) is 0 Å². The van der Waals surface area contributed by atoms with Crippen LogP contribution in [0.4, 0.5) is 14.9 Å². The quantitative estimate of drug-likeness (QED) is 0.695. The molecule has 0 radical (unpaired) electrons. The highest BCUT2D eigenvalue weighted by atomic mass is 79.9. The van der Waals surface area contributed by atoms with Gasteiger partial charge in [0, 0.05) is 18.3 Å². The molecule has 28 heavy (non-hydrogen) atoms. The van der Waals surface area contributed by atoms with Crippen molar-refractivity contribution in [2.75, 3.05) is 26.2 Å². The van der Waals surface area contributed by atoms with Crippen molar-refractivity contribution in [1.29, 1.82) is 0 Å². The van der Waals surface area contributed by atoms with Crippen LogP contribution in [0, 0.1) is 5.82 Å². The maximum atomic E-state index is 13.5. The Hall–Kier alpha value is -2.61. The van der Waals surface area contributed by atoms with Crippen LogP contribution < -0.4 is 14.4 Å². The van der Waals surface area contributed by atoms with Gasteiger partial charge in [0.2, 0.25) is 0 Å². The molecule has 2 aromatic rings. The topological polar surface area (TPSA) is 54.4 Å². The summed E-state index contributed by atoms with van der Waals surface area (Å²) in [5.74, 6) is 0.854. The van der Waals surface area contributed by atoms with Crippen LogP contribution in [0.1, 0.15) is 18.1 Å². The number of benzene rings is 2. The lowest BCUT2D eigenvalue weighted by molar-refractivity contribution is 0.190. The number of fused-ring (bicyclic) bond motifs is 1. The fraction of sp³-hybridized carbons (Fsp3) is 0.300. The standard InChI is InChI=1S/C20H21BrFN3O3/c1-12-7-13-8-18(27-3)19(28-4)9-14(13)11-23-25(12)20(26)24(2)15-5-6-17(22)16(21)10-15/h5-6,8-12H,7H2,1-4H3. The van der Waals surface area contributed by atoms with Gasteiger partial charge in [0.25, 0.3) is 0 Å². The molecule has 8 heteroatoms. The van der Waals surface area contributed by atoms with Crippen LogP contribution in [-0.2, 0) is 6.42 Å². The molecule has 2 aromatic carbocycles. The smallest absolute Gasteiger partial charge is 0.344 e. The van der Waals surface area contributed by atoms with Crippen molar-refractivity contribution in [3.05, 3.63) is 51.7 Å². The molecule has 1 heterocycles. The van der Waals surface area contributed by atoms with Gasteiger partial charge in [-0.3, -0.25) is 4.90 Å². The summed E-state index contributed by atoms with van der Waals surface area (Å²) in [6.07, 6.45) is 2.25. The predicted molar refractivity (Wildman–Crippen MR) is 110 cm³/mol. The molecule has 1 aliphatic heterocycles. The number of hydrogen-bond donors (Lipinski definition) is 0. The first-order chi connectivity index (χ1) is 13.3. The van der Waals surface area contributed by atoms with Crippen LogP contribution in [0.3, 0.4) is 0 Å². The molecule has 0 aromatic heterocycles. The van der Waals surface area contributed by atoms with E-state index in [0.717, 1.165) is 11.1 Å². The number of hydrogen-bond acceptors (Lipinski definition) is 4. The van der Waals surface area contributed by atoms with E-state index in [0.29, 0.717) is 28.1 Å². The Bertz CT molecular complexity index is 935. The maximum absolute atomic E-state index is 13.5. The zero-order valence-electron chi connectivity index (χ0n) is 16.1. The number of halogens is 2. The lowest BCUT2D eigenvalue weighted by atomic mass is 10.0. The van der Waals surface area contributed by atoms with Crippen molar-refractivity contribution in [2.45, 2.75) is 19.4 Å². The third-order valence-corrected chi connectivity index (χ3v) is 5.28. The molecule has 0 N–H and O–H groups in total. The lowest BCUT2D eigenvalue weighted by Crippen LogP contribution is -2.43. The van der Waals surface area contributed by atoms with Gasteiger partial charge in [-0.2, -0.15) is 5.10 Å². The Morgan fingerprint density at radius 3 is 2.57 bits per heavy atom. The van der Waals surface area contributed by atoms with Gasteiger partial charge >= 0.3 is 6.03 Å². The Kier molecular flexibility index (Phi) is 5.88. The van der Waals surface area contributed by atoms with Gasteiger partial charge in [0.15, 0.2) is 11.5 Å². The molecule has 1 atom stereocenters. The van der Waals surface area contributed by atoms with E-state index >= 15 is 0 Å². The van der Waals surface area contributed by atoms with Gasteiger partial charge in [-0.15, -0.1) is 0 Å². The van der Waals surface area contributed by atoms with Crippen molar-refractivity contribution < 1.29 is 18.7 Å². The monoisotopic (exact) mass is 449 g/mol.